The molecule has 1 aromatic rings. The van der Waals surface area contributed by atoms with Crippen LogP contribution in [0.5, 0.6) is 0 Å². The van der Waals surface area contributed by atoms with Crippen molar-refractivity contribution in [1.82, 2.24) is 5.32 Å². The third-order valence-corrected chi connectivity index (χ3v) is 3.30. The summed E-state index contributed by atoms with van der Waals surface area (Å²) in [6, 6.07) is 6.07. The highest BCUT2D eigenvalue weighted by molar-refractivity contribution is 5.76. The first kappa shape index (κ1) is 21.1. The van der Waals surface area contributed by atoms with Gasteiger partial charge in [-0.3, -0.25) is 4.79 Å². The Labute approximate surface area is 146 Å². The molecule has 22 heavy (non-hydrogen) atoms. The Kier molecular flexibility index (Phi) is 8.91. The second kappa shape index (κ2) is 9.29. The second-order valence-electron chi connectivity index (χ2n) is 7.74. The van der Waals surface area contributed by atoms with E-state index in [-0.39, 0.29) is 33.8 Å². The first-order chi connectivity index (χ1) is 9.68. The van der Waals surface area contributed by atoms with Gasteiger partial charge < -0.3 is 22.3 Å². The Balaban J connectivity index is 0.00000441. The maximum absolute atomic E-state index is 12.0. The topological polar surface area (TPSA) is 33.0 Å². The largest absolute Gasteiger partial charge is 1.00 e. The average molecular weight is 371 g/mol. The number of hydrogen-bond acceptors (Lipinski definition) is 1. The minimum Gasteiger partial charge on any atom is -1.00 e. The average Bonchev–Trinajstić information content (AvgIpc) is 2.32. The third-order valence-electron chi connectivity index (χ3n) is 3.30. The highest BCUT2D eigenvalue weighted by Gasteiger charge is 2.26. The van der Waals surface area contributed by atoms with Crippen LogP contribution in [0.15, 0.2) is 30.6 Å². The Bertz CT molecular complexity index is 438. The summed E-state index contributed by atoms with van der Waals surface area (Å²) in [6.45, 7) is 11.8. The van der Waals surface area contributed by atoms with Crippen LogP contribution in [0, 0.1) is 5.41 Å². The fraction of sp³-hybridized carbons (Fsp3) is 0.667. The van der Waals surface area contributed by atoms with Gasteiger partial charge in [-0.05, 0) is 32.1 Å². The first-order valence-corrected chi connectivity index (χ1v) is 7.93. The number of carbonyl (C=O) groups is 1. The molecule has 3 nitrogen and oxygen atoms in total. The number of unbranched alkanes of at least 4 members (excludes halogenated alkanes) is 1. The molecule has 1 heterocycles. The number of nitrogens with one attached hydrogen (secondary N) is 1. The summed E-state index contributed by atoms with van der Waals surface area (Å²) in [5.74, 6) is 0.169. The van der Waals surface area contributed by atoms with Crippen molar-refractivity contribution in [1.29, 1.82) is 0 Å². The highest BCUT2D eigenvalue weighted by atomic mass is 79.9. The predicted octanol–water partition coefficient (Wildman–Crippen LogP) is 0.479. The van der Waals surface area contributed by atoms with E-state index in [1.807, 2.05) is 18.2 Å². The van der Waals surface area contributed by atoms with Crippen LogP contribution >= 0.6 is 0 Å². The van der Waals surface area contributed by atoms with Gasteiger partial charge in [0.05, 0.1) is 0 Å². The van der Waals surface area contributed by atoms with E-state index in [0.29, 0.717) is 6.42 Å². The van der Waals surface area contributed by atoms with Crippen LogP contribution in [0.4, 0.5) is 0 Å². The number of amides is 1. The summed E-state index contributed by atoms with van der Waals surface area (Å²) in [6.07, 6.45) is 7.67. The van der Waals surface area contributed by atoms with E-state index in [4.69, 9.17) is 0 Å². The fourth-order valence-electron chi connectivity index (χ4n) is 2.97. The summed E-state index contributed by atoms with van der Waals surface area (Å²) in [5, 5.41) is 3.17. The van der Waals surface area contributed by atoms with Gasteiger partial charge in [0.25, 0.3) is 0 Å². The molecule has 1 aromatic heterocycles. The molecule has 0 bridgehead atoms. The van der Waals surface area contributed by atoms with Crippen molar-refractivity contribution < 1.29 is 26.3 Å². The zero-order chi connectivity index (χ0) is 15.9. The number of aromatic nitrogens is 1. The summed E-state index contributed by atoms with van der Waals surface area (Å²) in [4.78, 5) is 12.0. The number of hydrogen-bond donors (Lipinski definition) is 1. The molecule has 1 N–H and O–H groups in total. The third kappa shape index (κ3) is 9.93. The van der Waals surface area contributed by atoms with Crippen molar-refractivity contribution in [2.24, 2.45) is 5.41 Å². The quantitative estimate of drug-likeness (QED) is 0.549. The van der Waals surface area contributed by atoms with Gasteiger partial charge in [0, 0.05) is 30.5 Å². The van der Waals surface area contributed by atoms with Gasteiger partial charge in [0.2, 0.25) is 5.91 Å². The van der Waals surface area contributed by atoms with Crippen LogP contribution in [0.3, 0.4) is 0 Å². The molecule has 0 aromatic carbocycles. The molecule has 0 spiro atoms. The highest BCUT2D eigenvalue weighted by Crippen LogP contribution is 2.26. The molecule has 0 fully saturated rings. The zero-order valence-corrected chi connectivity index (χ0v) is 16.2. The van der Waals surface area contributed by atoms with Crippen molar-refractivity contribution >= 4 is 5.91 Å². The van der Waals surface area contributed by atoms with Crippen LogP contribution in [0.2, 0.25) is 0 Å². The molecular weight excluding hydrogens is 340 g/mol. The molecule has 1 amide bonds. The van der Waals surface area contributed by atoms with Gasteiger partial charge in [-0.15, -0.1) is 0 Å². The molecule has 4 heteroatoms. The van der Waals surface area contributed by atoms with Gasteiger partial charge in [-0.1, -0.05) is 26.8 Å². The van der Waals surface area contributed by atoms with Gasteiger partial charge >= 0.3 is 0 Å². The van der Waals surface area contributed by atoms with Crippen molar-refractivity contribution in [3.05, 3.63) is 30.6 Å². The summed E-state index contributed by atoms with van der Waals surface area (Å²) in [7, 11) is 0. The van der Waals surface area contributed by atoms with Gasteiger partial charge in [0.1, 0.15) is 6.54 Å². The van der Waals surface area contributed by atoms with Gasteiger partial charge in [0.15, 0.2) is 12.4 Å². The molecule has 1 rings (SSSR count). The molecule has 0 saturated carbocycles. The first-order valence-electron chi connectivity index (χ1n) is 7.93. The van der Waals surface area contributed by atoms with Crippen molar-refractivity contribution in [3.8, 4) is 0 Å². The number of pyridine rings is 1. The maximum Gasteiger partial charge on any atom is 0.220 e. The van der Waals surface area contributed by atoms with Crippen LogP contribution in [0.1, 0.15) is 60.3 Å². The van der Waals surface area contributed by atoms with E-state index < -0.39 is 0 Å². The predicted molar refractivity (Wildman–Crippen MR) is 86.8 cm³/mol. The Morgan fingerprint density at radius 3 is 2.14 bits per heavy atom. The zero-order valence-electron chi connectivity index (χ0n) is 14.7. The molecule has 0 atom stereocenters. The molecule has 0 saturated heterocycles. The lowest BCUT2D eigenvalue weighted by molar-refractivity contribution is -0.697. The standard InChI is InChI=1S/C18H30N2O.BrH/c1-17(2,3)15-18(4,5)19-16(21)11-7-10-14-20-12-8-6-9-13-20;/h6,8-9,12-13H,7,10-11,14-15H2,1-5H3;1H. The molecule has 0 unspecified atom stereocenters. The fourth-order valence-corrected chi connectivity index (χ4v) is 2.97. The van der Waals surface area contributed by atoms with Gasteiger partial charge in [-0.2, -0.15) is 0 Å². The molecule has 126 valence electrons. The Hall–Kier alpha value is -0.900. The van der Waals surface area contributed by atoms with Crippen molar-refractivity contribution in [2.45, 2.75) is 72.4 Å². The number of nitrogens with zero attached hydrogens (tertiary/aromatic N) is 1. The molecular formula is C18H31BrN2O. The van der Waals surface area contributed by atoms with E-state index in [1.165, 1.54) is 0 Å². The summed E-state index contributed by atoms with van der Waals surface area (Å²) >= 11 is 0. The number of carbonyl (C=O) groups excluding carboxylic acids is 1. The number of rotatable bonds is 7. The summed E-state index contributed by atoms with van der Waals surface area (Å²) in [5.41, 5.74) is 0.0875. The van der Waals surface area contributed by atoms with Crippen LogP contribution < -0.4 is 26.9 Å². The van der Waals surface area contributed by atoms with Crippen molar-refractivity contribution in [3.63, 3.8) is 0 Å². The molecule has 0 aliphatic heterocycles. The van der Waals surface area contributed by atoms with E-state index >= 15 is 0 Å². The minimum atomic E-state index is -0.135. The summed E-state index contributed by atoms with van der Waals surface area (Å²) < 4.78 is 2.15. The number of aryl methyl sites for hydroxylation is 1. The van der Waals surface area contributed by atoms with E-state index in [2.05, 4.69) is 56.9 Å². The molecule has 0 aliphatic carbocycles. The lowest BCUT2D eigenvalue weighted by atomic mass is 9.82. The monoisotopic (exact) mass is 370 g/mol. The SMILES string of the molecule is CC(C)(C)CC(C)(C)NC(=O)CCCC[n+]1ccccc1.[Br-]. The minimum absolute atomic E-state index is 0. The smallest absolute Gasteiger partial charge is 0.220 e. The Morgan fingerprint density at radius 2 is 1.59 bits per heavy atom. The van der Waals surface area contributed by atoms with E-state index in [0.717, 1.165) is 25.8 Å². The van der Waals surface area contributed by atoms with E-state index in [9.17, 15) is 4.79 Å². The van der Waals surface area contributed by atoms with Crippen LogP contribution in [-0.4, -0.2) is 11.4 Å². The molecule has 0 radical (unpaired) electrons. The van der Waals surface area contributed by atoms with E-state index in [1.54, 1.807) is 0 Å². The van der Waals surface area contributed by atoms with Gasteiger partial charge in [-0.25, -0.2) is 4.57 Å². The maximum atomic E-state index is 12.0. The normalized spacial score (nSPS) is 11.7. The van der Waals surface area contributed by atoms with Crippen LogP contribution in [0.25, 0.3) is 0 Å². The number of halogens is 1. The lowest BCUT2D eigenvalue weighted by Crippen LogP contribution is -3.00. The molecule has 0 aliphatic rings. The lowest BCUT2D eigenvalue weighted by Gasteiger charge is -2.33. The Morgan fingerprint density at radius 1 is 1.00 bits per heavy atom. The van der Waals surface area contributed by atoms with Crippen LogP contribution in [-0.2, 0) is 11.3 Å². The van der Waals surface area contributed by atoms with Crippen molar-refractivity contribution in [2.75, 3.05) is 0 Å². The second-order valence-corrected chi connectivity index (χ2v) is 7.74.